The highest BCUT2D eigenvalue weighted by atomic mass is 16.5. The summed E-state index contributed by atoms with van der Waals surface area (Å²) in [4.78, 5) is 26.9. The maximum Gasteiger partial charge on any atom is 0.322 e. The fraction of sp³-hybridized carbons (Fsp3) is 0.500. The van der Waals surface area contributed by atoms with Gasteiger partial charge in [0, 0.05) is 32.2 Å². The average molecular weight is 432 g/mol. The van der Waals surface area contributed by atoms with Crippen LogP contribution >= 0.6 is 0 Å². The molecular formula is C22H33N5O4. The van der Waals surface area contributed by atoms with Gasteiger partial charge in [-0.25, -0.2) is 4.79 Å². The van der Waals surface area contributed by atoms with Gasteiger partial charge >= 0.3 is 6.03 Å². The van der Waals surface area contributed by atoms with E-state index in [1.807, 2.05) is 19.1 Å². The second-order valence-corrected chi connectivity index (χ2v) is 8.11. The molecule has 0 aliphatic heterocycles. The number of nitrogens with one attached hydrogen (secondary N) is 2. The predicted molar refractivity (Wildman–Crippen MR) is 121 cm³/mol. The number of aryl methyl sites for hydroxylation is 1. The molecule has 3 amide bonds. The van der Waals surface area contributed by atoms with Gasteiger partial charge in [-0.15, -0.1) is 0 Å². The topological polar surface area (TPSA) is 97.7 Å². The van der Waals surface area contributed by atoms with Crippen LogP contribution in [0.4, 0.5) is 16.3 Å². The van der Waals surface area contributed by atoms with Gasteiger partial charge in [0.1, 0.15) is 18.1 Å². The van der Waals surface area contributed by atoms with E-state index in [2.05, 4.69) is 36.5 Å². The third-order valence-electron chi connectivity index (χ3n) is 4.53. The summed E-state index contributed by atoms with van der Waals surface area (Å²) in [6.07, 6.45) is 0. The number of carbonyl (C=O) groups is 2. The summed E-state index contributed by atoms with van der Waals surface area (Å²) in [6, 6.07) is 8.59. The molecule has 0 unspecified atom stereocenters. The normalized spacial score (nSPS) is 11.2. The van der Waals surface area contributed by atoms with Crippen molar-refractivity contribution in [1.29, 1.82) is 0 Å². The highest BCUT2D eigenvalue weighted by molar-refractivity contribution is 5.97. The second-order valence-electron chi connectivity index (χ2n) is 8.11. The molecule has 0 atom stereocenters. The molecule has 0 spiro atoms. The van der Waals surface area contributed by atoms with Crippen LogP contribution in [-0.2, 0) is 22.0 Å². The number of rotatable bonds is 9. The molecule has 2 rings (SSSR count). The Labute approximate surface area is 183 Å². The zero-order valence-corrected chi connectivity index (χ0v) is 19.2. The molecule has 0 aliphatic rings. The summed E-state index contributed by atoms with van der Waals surface area (Å²) in [5.41, 5.74) is 1.27. The van der Waals surface area contributed by atoms with E-state index in [-0.39, 0.29) is 24.4 Å². The fourth-order valence-electron chi connectivity index (χ4n) is 2.81. The van der Waals surface area contributed by atoms with Crippen LogP contribution in [0, 0.1) is 0 Å². The molecule has 0 saturated carbocycles. The summed E-state index contributed by atoms with van der Waals surface area (Å²) in [5, 5.41) is 10.1. The van der Waals surface area contributed by atoms with Gasteiger partial charge in [-0.2, -0.15) is 5.10 Å². The molecule has 0 bridgehead atoms. The molecule has 0 saturated heterocycles. The Balaban J connectivity index is 2.09. The minimum absolute atomic E-state index is 0.137. The molecule has 170 valence electrons. The first-order valence-corrected chi connectivity index (χ1v) is 10.3. The minimum Gasteiger partial charge on any atom is -0.492 e. The molecule has 1 aromatic heterocycles. The van der Waals surface area contributed by atoms with E-state index in [4.69, 9.17) is 9.47 Å². The molecule has 31 heavy (non-hydrogen) atoms. The number of ether oxygens (including phenoxy) is 2. The highest BCUT2D eigenvalue weighted by Gasteiger charge is 2.22. The van der Waals surface area contributed by atoms with Gasteiger partial charge in [-0.05, 0) is 19.1 Å². The van der Waals surface area contributed by atoms with Gasteiger partial charge in [0.2, 0.25) is 5.91 Å². The number of anilines is 2. The summed E-state index contributed by atoms with van der Waals surface area (Å²) >= 11 is 0. The van der Waals surface area contributed by atoms with Crippen molar-refractivity contribution in [3.8, 4) is 5.75 Å². The smallest absolute Gasteiger partial charge is 0.322 e. The van der Waals surface area contributed by atoms with E-state index in [1.165, 1.54) is 4.90 Å². The van der Waals surface area contributed by atoms with Gasteiger partial charge in [0.15, 0.2) is 0 Å². The van der Waals surface area contributed by atoms with Crippen molar-refractivity contribution in [3.63, 3.8) is 0 Å². The third kappa shape index (κ3) is 6.99. The number of nitrogens with zero attached hydrogens (tertiary/aromatic N) is 3. The number of para-hydroxylation sites is 2. The molecule has 2 aromatic rings. The van der Waals surface area contributed by atoms with Crippen molar-refractivity contribution >= 4 is 23.4 Å². The Morgan fingerprint density at radius 1 is 1.19 bits per heavy atom. The van der Waals surface area contributed by atoms with E-state index in [9.17, 15) is 9.59 Å². The number of amides is 3. The van der Waals surface area contributed by atoms with Crippen molar-refractivity contribution in [2.45, 2.75) is 33.1 Å². The zero-order valence-electron chi connectivity index (χ0n) is 19.2. The SMILES string of the molecule is CCOc1ccccc1NC(=O)N(CCOC)CC(=O)Nc1cc(C(C)(C)C)nn1C. The molecule has 0 radical (unpaired) electrons. The number of hydrogen-bond acceptors (Lipinski definition) is 5. The lowest BCUT2D eigenvalue weighted by molar-refractivity contribution is -0.116. The Hall–Kier alpha value is -3.07. The molecule has 1 heterocycles. The molecule has 1 aromatic carbocycles. The van der Waals surface area contributed by atoms with Crippen LogP contribution in [0.3, 0.4) is 0 Å². The van der Waals surface area contributed by atoms with E-state index in [1.54, 1.807) is 37.0 Å². The van der Waals surface area contributed by atoms with Crippen LogP contribution in [0.2, 0.25) is 0 Å². The first-order chi connectivity index (χ1) is 14.7. The number of aromatic nitrogens is 2. The van der Waals surface area contributed by atoms with Crippen LogP contribution in [0.5, 0.6) is 5.75 Å². The largest absolute Gasteiger partial charge is 0.492 e. The summed E-state index contributed by atoms with van der Waals surface area (Å²) in [7, 11) is 3.31. The van der Waals surface area contributed by atoms with Crippen molar-refractivity contribution in [1.82, 2.24) is 14.7 Å². The number of benzene rings is 1. The highest BCUT2D eigenvalue weighted by Crippen LogP contribution is 2.25. The fourth-order valence-corrected chi connectivity index (χ4v) is 2.81. The van der Waals surface area contributed by atoms with Crippen molar-refractivity contribution < 1.29 is 19.1 Å². The van der Waals surface area contributed by atoms with Gasteiger partial charge in [-0.3, -0.25) is 9.48 Å². The molecule has 9 heteroatoms. The molecule has 0 fully saturated rings. The van der Waals surface area contributed by atoms with Gasteiger partial charge < -0.3 is 25.0 Å². The number of urea groups is 1. The Morgan fingerprint density at radius 2 is 1.90 bits per heavy atom. The van der Waals surface area contributed by atoms with Crippen molar-refractivity contribution in [2.24, 2.45) is 7.05 Å². The lowest BCUT2D eigenvalue weighted by Gasteiger charge is -2.23. The van der Waals surface area contributed by atoms with E-state index in [0.29, 0.717) is 30.5 Å². The van der Waals surface area contributed by atoms with E-state index in [0.717, 1.165) is 5.69 Å². The van der Waals surface area contributed by atoms with E-state index >= 15 is 0 Å². The van der Waals surface area contributed by atoms with Gasteiger partial charge in [0.25, 0.3) is 0 Å². The minimum atomic E-state index is -0.417. The number of carbonyl (C=O) groups excluding carboxylic acids is 2. The Kier molecular flexibility index (Phi) is 8.44. The summed E-state index contributed by atoms with van der Waals surface area (Å²) in [6.45, 7) is 8.93. The van der Waals surface area contributed by atoms with Crippen LogP contribution in [0.25, 0.3) is 0 Å². The first-order valence-electron chi connectivity index (χ1n) is 10.3. The molecule has 0 aliphatic carbocycles. The van der Waals surface area contributed by atoms with Crippen LogP contribution in [-0.4, -0.2) is 60.0 Å². The predicted octanol–water partition coefficient (Wildman–Crippen LogP) is 3.24. The molecule has 9 nitrogen and oxygen atoms in total. The van der Waals surface area contributed by atoms with Crippen molar-refractivity contribution in [2.75, 3.05) is 44.0 Å². The maximum atomic E-state index is 12.9. The van der Waals surface area contributed by atoms with Crippen LogP contribution in [0.1, 0.15) is 33.4 Å². The summed E-state index contributed by atoms with van der Waals surface area (Å²) < 4.78 is 12.3. The van der Waals surface area contributed by atoms with Crippen molar-refractivity contribution in [3.05, 3.63) is 36.0 Å². The standard InChI is InChI=1S/C22H33N5O4/c1-7-31-17-11-9-8-10-16(17)23-21(29)27(12-13-30-6)15-20(28)24-19-14-18(22(2,3)4)25-26(19)5/h8-11,14H,7,12-13,15H2,1-6H3,(H,23,29)(H,24,28). The van der Waals surface area contributed by atoms with Gasteiger partial charge in [-0.1, -0.05) is 32.9 Å². The second kappa shape index (κ2) is 10.8. The van der Waals surface area contributed by atoms with Crippen LogP contribution in [0.15, 0.2) is 30.3 Å². The average Bonchev–Trinajstić information content (AvgIpc) is 3.07. The summed E-state index contributed by atoms with van der Waals surface area (Å²) in [5.74, 6) is 0.815. The monoisotopic (exact) mass is 431 g/mol. The quantitative estimate of drug-likeness (QED) is 0.635. The number of methoxy groups -OCH3 is 1. The van der Waals surface area contributed by atoms with Crippen LogP contribution < -0.4 is 15.4 Å². The molecular weight excluding hydrogens is 398 g/mol. The first kappa shape index (κ1) is 24.2. The zero-order chi connectivity index (χ0) is 23.0. The van der Waals surface area contributed by atoms with Gasteiger partial charge in [0.05, 0.1) is 24.6 Å². The lowest BCUT2D eigenvalue weighted by Crippen LogP contribution is -2.42. The molecule has 2 N–H and O–H groups in total. The third-order valence-corrected chi connectivity index (χ3v) is 4.53. The Morgan fingerprint density at radius 3 is 2.52 bits per heavy atom. The maximum absolute atomic E-state index is 12.9. The lowest BCUT2D eigenvalue weighted by atomic mass is 9.92. The van der Waals surface area contributed by atoms with E-state index < -0.39 is 6.03 Å². The number of hydrogen-bond donors (Lipinski definition) is 2. The Bertz CT molecular complexity index is 888.